The molecule has 1 amide bonds. The van der Waals surface area contributed by atoms with E-state index >= 15 is 0 Å². The first kappa shape index (κ1) is 14.6. The molecule has 0 heterocycles. The van der Waals surface area contributed by atoms with E-state index in [1.54, 1.807) is 12.1 Å². The number of rotatable bonds is 6. The van der Waals surface area contributed by atoms with Gasteiger partial charge in [-0.05, 0) is 6.54 Å². The Morgan fingerprint density at radius 3 is 2.50 bits per heavy atom. The van der Waals surface area contributed by atoms with Crippen molar-refractivity contribution in [2.75, 3.05) is 32.6 Å². The molecule has 5 nitrogen and oxygen atoms in total. The smallest absolute Gasteiger partial charge is 0.238 e. The SMILES string of the molecule is CCNCC(=O)Nc1cc(OC)c(Cl)cc1OC. The van der Waals surface area contributed by atoms with Crippen LogP contribution in [0.1, 0.15) is 6.92 Å². The van der Waals surface area contributed by atoms with Gasteiger partial charge in [-0.25, -0.2) is 0 Å². The highest BCUT2D eigenvalue weighted by atomic mass is 35.5. The van der Waals surface area contributed by atoms with Crippen molar-refractivity contribution in [2.24, 2.45) is 0 Å². The van der Waals surface area contributed by atoms with Crippen molar-refractivity contribution in [3.63, 3.8) is 0 Å². The van der Waals surface area contributed by atoms with Gasteiger partial charge in [0.1, 0.15) is 11.5 Å². The molecule has 0 fully saturated rings. The number of ether oxygens (including phenoxy) is 2. The van der Waals surface area contributed by atoms with Crippen LogP contribution in [0.3, 0.4) is 0 Å². The van der Waals surface area contributed by atoms with E-state index in [-0.39, 0.29) is 12.5 Å². The monoisotopic (exact) mass is 272 g/mol. The number of likely N-dealkylation sites (N-methyl/N-ethyl adjacent to an activating group) is 1. The van der Waals surface area contributed by atoms with Crippen molar-refractivity contribution < 1.29 is 14.3 Å². The Balaban J connectivity index is 2.89. The van der Waals surface area contributed by atoms with E-state index in [1.165, 1.54) is 14.2 Å². The highest BCUT2D eigenvalue weighted by molar-refractivity contribution is 6.32. The highest BCUT2D eigenvalue weighted by Crippen LogP contribution is 2.35. The summed E-state index contributed by atoms with van der Waals surface area (Å²) in [6, 6.07) is 3.23. The molecule has 0 radical (unpaired) electrons. The summed E-state index contributed by atoms with van der Waals surface area (Å²) in [6.45, 7) is 2.90. The van der Waals surface area contributed by atoms with Gasteiger partial charge in [-0.15, -0.1) is 0 Å². The second-order valence-electron chi connectivity index (χ2n) is 3.52. The fourth-order valence-corrected chi connectivity index (χ4v) is 1.62. The van der Waals surface area contributed by atoms with Crippen molar-refractivity contribution in [2.45, 2.75) is 6.92 Å². The average molecular weight is 273 g/mol. The van der Waals surface area contributed by atoms with Gasteiger partial charge in [-0.1, -0.05) is 18.5 Å². The predicted molar refractivity (Wildman–Crippen MR) is 71.7 cm³/mol. The lowest BCUT2D eigenvalue weighted by molar-refractivity contribution is -0.115. The van der Waals surface area contributed by atoms with Gasteiger partial charge < -0.3 is 20.1 Å². The largest absolute Gasteiger partial charge is 0.495 e. The van der Waals surface area contributed by atoms with E-state index in [2.05, 4.69) is 10.6 Å². The molecule has 0 atom stereocenters. The molecule has 18 heavy (non-hydrogen) atoms. The summed E-state index contributed by atoms with van der Waals surface area (Å²) in [6.07, 6.45) is 0. The van der Waals surface area contributed by atoms with Crippen LogP contribution in [0, 0.1) is 0 Å². The molecule has 1 rings (SSSR count). The lowest BCUT2D eigenvalue weighted by Crippen LogP contribution is -2.27. The quantitative estimate of drug-likeness (QED) is 0.830. The first-order valence-electron chi connectivity index (χ1n) is 5.54. The van der Waals surface area contributed by atoms with Crippen molar-refractivity contribution in [3.8, 4) is 11.5 Å². The van der Waals surface area contributed by atoms with Crippen LogP contribution in [0.15, 0.2) is 12.1 Å². The Hall–Kier alpha value is -1.46. The third kappa shape index (κ3) is 3.78. The van der Waals surface area contributed by atoms with Gasteiger partial charge in [0.2, 0.25) is 5.91 Å². The number of anilines is 1. The number of hydrogen-bond donors (Lipinski definition) is 2. The topological polar surface area (TPSA) is 59.6 Å². The molecule has 100 valence electrons. The molecule has 2 N–H and O–H groups in total. The molecule has 0 aliphatic carbocycles. The van der Waals surface area contributed by atoms with Crippen molar-refractivity contribution >= 4 is 23.2 Å². The van der Waals surface area contributed by atoms with E-state index in [4.69, 9.17) is 21.1 Å². The Morgan fingerprint density at radius 1 is 1.28 bits per heavy atom. The van der Waals surface area contributed by atoms with Gasteiger partial charge in [0.25, 0.3) is 0 Å². The molecular formula is C12H17ClN2O3. The predicted octanol–water partition coefficient (Wildman–Crippen LogP) is 1.91. The minimum Gasteiger partial charge on any atom is -0.495 e. The summed E-state index contributed by atoms with van der Waals surface area (Å²) in [5.74, 6) is 0.821. The maximum absolute atomic E-state index is 11.6. The summed E-state index contributed by atoms with van der Waals surface area (Å²) in [5, 5.41) is 6.10. The molecule has 1 aromatic rings. The van der Waals surface area contributed by atoms with E-state index in [9.17, 15) is 4.79 Å². The molecule has 0 spiro atoms. The van der Waals surface area contributed by atoms with Gasteiger partial charge in [0.15, 0.2) is 0 Å². The van der Waals surface area contributed by atoms with Gasteiger partial charge in [-0.2, -0.15) is 0 Å². The maximum atomic E-state index is 11.6. The van der Waals surface area contributed by atoms with E-state index in [0.717, 1.165) is 6.54 Å². The van der Waals surface area contributed by atoms with Crippen LogP contribution in [0.25, 0.3) is 0 Å². The van der Waals surface area contributed by atoms with Crippen LogP contribution in [0.5, 0.6) is 11.5 Å². The maximum Gasteiger partial charge on any atom is 0.238 e. The second-order valence-corrected chi connectivity index (χ2v) is 3.92. The molecule has 0 saturated carbocycles. The van der Waals surface area contributed by atoms with Crippen molar-refractivity contribution in [3.05, 3.63) is 17.2 Å². The summed E-state index contributed by atoms with van der Waals surface area (Å²) in [4.78, 5) is 11.6. The molecule has 1 aromatic carbocycles. The standard InChI is InChI=1S/C12H17ClN2O3/c1-4-14-7-12(16)15-9-6-10(17-2)8(13)5-11(9)18-3/h5-6,14H,4,7H2,1-3H3,(H,15,16). The Morgan fingerprint density at radius 2 is 1.94 bits per heavy atom. The van der Waals surface area contributed by atoms with Gasteiger partial charge in [0.05, 0.1) is 31.5 Å². The van der Waals surface area contributed by atoms with E-state index < -0.39 is 0 Å². The van der Waals surface area contributed by atoms with Crippen LogP contribution in [-0.2, 0) is 4.79 Å². The van der Waals surface area contributed by atoms with Crippen LogP contribution in [0.4, 0.5) is 5.69 Å². The lowest BCUT2D eigenvalue weighted by Gasteiger charge is -2.13. The number of nitrogens with one attached hydrogen (secondary N) is 2. The third-order valence-electron chi connectivity index (χ3n) is 2.28. The average Bonchev–Trinajstić information content (AvgIpc) is 2.37. The Labute approximate surface area is 111 Å². The molecule has 0 unspecified atom stereocenters. The van der Waals surface area contributed by atoms with Crippen LogP contribution < -0.4 is 20.1 Å². The fraction of sp³-hybridized carbons (Fsp3) is 0.417. The number of amides is 1. The molecular weight excluding hydrogens is 256 g/mol. The number of benzene rings is 1. The molecule has 0 aromatic heterocycles. The summed E-state index contributed by atoms with van der Waals surface area (Å²) < 4.78 is 10.2. The number of carbonyl (C=O) groups excluding carboxylic acids is 1. The first-order chi connectivity index (χ1) is 8.62. The van der Waals surface area contributed by atoms with Crippen LogP contribution in [-0.4, -0.2) is 33.2 Å². The van der Waals surface area contributed by atoms with Gasteiger partial charge in [-0.3, -0.25) is 4.79 Å². The molecule has 6 heteroatoms. The van der Waals surface area contributed by atoms with Gasteiger partial charge >= 0.3 is 0 Å². The number of hydrogen-bond acceptors (Lipinski definition) is 4. The second kappa shape index (κ2) is 7.08. The van der Waals surface area contributed by atoms with E-state index in [1.807, 2.05) is 6.92 Å². The molecule has 0 bridgehead atoms. The highest BCUT2D eigenvalue weighted by Gasteiger charge is 2.12. The lowest BCUT2D eigenvalue weighted by atomic mass is 10.2. The van der Waals surface area contributed by atoms with E-state index in [0.29, 0.717) is 22.2 Å². The molecule has 0 aliphatic rings. The number of carbonyl (C=O) groups is 1. The van der Waals surface area contributed by atoms with Crippen LogP contribution in [0.2, 0.25) is 5.02 Å². The zero-order chi connectivity index (χ0) is 13.5. The number of halogens is 1. The minimum atomic E-state index is -0.153. The first-order valence-corrected chi connectivity index (χ1v) is 5.92. The Bertz CT molecular complexity index is 424. The summed E-state index contributed by atoms with van der Waals surface area (Å²) >= 11 is 5.97. The normalized spacial score (nSPS) is 10.0. The summed E-state index contributed by atoms with van der Waals surface area (Å²) in [5.41, 5.74) is 0.529. The zero-order valence-corrected chi connectivity index (χ0v) is 11.4. The van der Waals surface area contributed by atoms with Crippen molar-refractivity contribution in [1.82, 2.24) is 5.32 Å². The Kier molecular flexibility index (Phi) is 5.74. The molecule has 0 saturated heterocycles. The fourth-order valence-electron chi connectivity index (χ4n) is 1.39. The number of methoxy groups -OCH3 is 2. The van der Waals surface area contributed by atoms with Crippen LogP contribution >= 0.6 is 11.6 Å². The van der Waals surface area contributed by atoms with Crippen molar-refractivity contribution in [1.29, 1.82) is 0 Å². The molecule has 0 aliphatic heterocycles. The van der Waals surface area contributed by atoms with Gasteiger partial charge in [0, 0.05) is 12.1 Å². The minimum absolute atomic E-state index is 0.153. The third-order valence-corrected chi connectivity index (χ3v) is 2.58. The summed E-state index contributed by atoms with van der Waals surface area (Å²) in [7, 11) is 3.02. The zero-order valence-electron chi connectivity index (χ0n) is 10.7.